The van der Waals surface area contributed by atoms with Crippen LogP contribution in [0.5, 0.6) is 0 Å². The van der Waals surface area contributed by atoms with Crippen molar-refractivity contribution in [2.45, 2.75) is 94.0 Å². The molecule has 2 fully saturated rings. The standard InChI is InChI=1S/C30H27N3.C12H27P3.Mo/c1-19-7-10-28(31-4)25(13-19)22-16-23(26-14-20(2)8-11-29(26)32-5)18-24(17-22)27-15-21(3)9-12-30(27)33-6;1-13(2)10-7-11(14(3)4)9-12(8-10)15(5)6;/h7-15,22-24H,16-18H2,1-3H3;10-12H,7-9H2,1-6H3;/q;;+3/p+3. The van der Waals surface area contributed by atoms with Crippen molar-refractivity contribution in [1.82, 2.24) is 0 Å². The average Bonchev–Trinajstić information content (AvgIpc) is 3.08. The molecule has 3 aromatic carbocycles. The van der Waals surface area contributed by atoms with E-state index in [1.54, 1.807) is 19.3 Å². The number of nitrogens with zero attached hydrogens (tertiary/aromatic N) is 3. The van der Waals surface area contributed by atoms with Crippen molar-refractivity contribution in [2.75, 3.05) is 40.0 Å². The van der Waals surface area contributed by atoms with E-state index in [9.17, 15) is 0 Å². The second kappa shape index (κ2) is 19.1. The van der Waals surface area contributed by atoms with Gasteiger partial charge in [-0.25, -0.2) is 14.5 Å². The molecule has 0 bridgehead atoms. The minimum atomic E-state index is -0.0338. The summed E-state index contributed by atoms with van der Waals surface area (Å²) in [4.78, 5) is 11.5. The summed E-state index contributed by atoms with van der Waals surface area (Å²) in [5, 5.41) is 0. The minimum Gasteiger partial charge on any atom is -0.238 e. The number of rotatable bonds is 6. The van der Waals surface area contributed by atoms with Gasteiger partial charge in [0.05, 0.1) is 36.7 Å². The normalized spacial score (nSPS) is 23.4. The third kappa shape index (κ3) is 10.8. The van der Waals surface area contributed by atoms with Gasteiger partial charge in [0.25, 0.3) is 0 Å². The van der Waals surface area contributed by atoms with Crippen LogP contribution in [0.2, 0.25) is 0 Å². The summed E-state index contributed by atoms with van der Waals surface area (Å²) in [5.41, 5.74) is 12.4. The molecule has 255 valence electrons. The fourth-order valence-electron chi connectivity index (χ4n) is 8.12. The molecule has 0 N–H and O–H groups in total. The smallest absolute Gasteiger partial charge is 0.238 e. The maximum atomic E-state index is 7.73. The molecule has 49 heavy (non-hydrogen) atoms. The first-order chi connectivity index (χ1) is 22.8. The van der Waals surface area contributed by atoms with Gasteiger partial charge >= 0.3 is 21.1 Å². The van der Waals surface area contributed by atoms with Crippen LogP contribution >= 0.6 is 23.8 Å². The zero-order chi connectivity index (χ0) is 35.1. The van der Waals surface area contributed by atoms with Crippen molar-refractivity contribution in [3.63, 3.8) is 0 Å². The molecule has 0 aromatic heterocycles. The Balaban J connectivity index is 0.000000343. The van der Waals surface area contributed by atoms with Gasteiger partial charge in [0.2, 0.25) is 0 Å². The van der Waals surface area contributed by atoms with Gasteiger partial charge in [-0.1, -0.05) is 71.3 Å². The van der Waals surface area contributed by atoms with E-state index in [-0.39, 0.29) is 62.6 Å². The quantitative estimate of drug-likeness (QED) is 0.134. The van der Waals surface area contributed by atoms with E-state index in [4.69, 9.17) is 19.7 Å². The predicted molar refractivity (Wildman–Crippen MR) is 220 cm³/mol. The third-order valence-corrected chi connectivity index (χ3v) is 17.4. The molecule has 2 aliphatic rings. The Morgan fingerprint density at radius 2 is 0.694 bits per heavy atom. The Morgan fingerprint density at radius 1 is 0.449 bits per heavy atom. The molecule has 0 saturated heterocycles. The van der Waals surface area contributed by atoms with Gasteiger partial charge in [-0.15, -0.1) is 0 Å². The van der Waals surface area contributed by atoms with Gasteiger partial charge < -0.3 is 0 Å². The van der Waals surface area contributed by atoms with Crippen LogP contribution < -0.4 is 0 Å². The van der Waals surface area contributed by atoms with Crippen LogP contribution in [-0.4, -0.2) is 57.0 Å². The first-order valence-electron chi connectivity index (χ1n) is 17.7. The van der Waals surface area contributed by atoms with Crippen LogP contribution in [0.3, 0.4) is 0 Å². The molecule has 0 heterocycles. The SMILES string of the molecule is C[PH+](C)C1CC([PH+](C)C)CC([PH+](C)C)C1.[C-]#[N+]c1ccc(C)cc1C1CC(c2cc(C)ccc2[N+]#[C-])CC(c2cc(C)ccc2[N+]#[C-])C1.[Mo+3]. The van der Waals surface area contributed by atoms with E-state index in [1.165, 1.54) is 0 Å². The van der Waals surface area contributed by atoms with E-state index in [2.05, 4.69) is 93.5 Å². The van der Waals surface area contributed by atoms with Crippen LogP contribution in [0.25, 0.3) is 14.5 Å². The van der Waals surface area contributed by atoms with E-state index in [0.717, 1.165) is 69.6 Å². The molecule has 0 amide bonds. The first-order valence-corrected chi connectivity index (χ1v) is 25.4. The fourth-order valence-corrected chi connectivity index (χ4v) is 13.4. The maximum Gasteiger partial charge on any atom is 3.00 e. The molecule has 0 unspecified atom stereocenters. The Labute approximate surface area is 316 Å². The van der Waals surface area contributed by atoms with Crippen molar-refractivity contribution in [3.8, 4) is 0 Å². The summed E-state index contributed by atoms with van der Waals surface area (Å²) in [5.74, 6) is 0.614. The molecular formula is C42H57MoN3P3+6. The molecular weight excluding hydrogens is 735 g/mol. The Bertz CT molecular complexity index is 1490. The fraction of sp³-hybridized carbons (Fsp3) is 0.500. The van der Waals surface area contributed by atoms with Crippen LogP contribution in [-0.2, 0) is 21.1 Å². The molecule has 5 rings (SSSR count). The van der Waals surface area contributed by atoms with Crippen molar-refractivity contribution in [3.05, 3.63) is 122 Å². The zero-order valence-electron chi connectivity index (χ0n) is 31.2. The van der Waals surface area contributed by atoms with Gasteiger partial charge in [-0.2, -0.15) is 0 Å². The van der Waals surface area contributed by atoms with Gasteiger partial charge in [0.1, 0.15) is 0 Å². The van der Waals surface area contributed by atoms with Crippen LogP contribution in [0.1, 0.15) is 89.7 Å². The molecule has 0 atom stereocenters. The topological polar surface area (TPSA) is 13.1 Å². The Morgan fingerprint density at radius 3 is 0.898 bits per heavy atom. The summed E-state index contributed by atoms with van der Waals surface area (Å²) in [6.45, 7) is 44.6. The Kier molecular flexibility index (Phi) is 16.2. The second-order valence-corrected chi connectivity index (χ2v) is 24.3. The predicted octanol–water partition coefficient (Wildman–Crippen LogP) is 12.8. The van der Waals surface area contributed by atoms with Crippen LogP contribution in [0.4, 0.5) is 17.1 Å². The summed E-state index contributed by atoms with van der Waals surface area (Å²) >= 11 is 0. The van der Waals surface area contributed by atoms with E-state index in [0.29, 0.717) is 17.1 Å². The van der Waals surface area contributed by atoms with Gasteiger partial charge in [-0.05, 0) is 98.2 Å². The number of benzene rings is 3. The molecule has 2 saturated carbocycles. The van der Waals surface area contributed by atoms with E-state index < -0.39 is 0 Å². The third-order valence-electron chi connectivity index (χ3n) is 11.1. The summed E-state index contributed by atoms with van der Waals surface area (Å²) in [6, 6.07) is 18.3. The molecule has 1 radical (unpaired) electrons. The molecule has 3 nitrogen and oxygen atoms in total. The molecule has 7 heteroatoms. The summed E-state index contributed by atoms with van der Waals surface area (Å²) in [6.07, 6.45) is 7.51. The number of hydrogen-bond acceptors (Lipinski definition) is 0. The first kappa shape index (κ1) is 41.5. The van der Waals surface area contributed by atoms with E-state index >= 15 is 0 Å². The van der Waals surface area contributed by atoms with Crippen molar-refractivity contribution < 1.29 is 21.1 Å². The summed E-state index contributed by atoms with van der Waals surface area (Å²) in [7, 11) is -0.101. The number of hydrogen-bond donors (Lipinski definition) is 0. The van der Waals surface area contributed by atoms with Crippen LogP contribution in [0.15, 0.2) is 54.6 Å². The zero-order valence-corrected chi connectivity index (χ0v) is 36.2. The van der Waals surface area contributed by atoms with Gasteiger partial charge in [0, 0.05) is 59.3 Å². The Hall–Kier alpha value is -1.89. The van der Waals surface area contributed by atoms with Crippen molar-refractivity contribution in [1.29, 1.82) is 0 Å². The maximum absolute atomic E-state index is 7.73. The monoisotopic (exact) mass is 794 g/mol. The van der Waals surface area contributed by atoms with Gasteiger partial charge in [-0.3, -0.25) is 0 Å². The van der Waals surface area contributed by atoms with E-state index in [1.807, 2.05) is 36.4 Å². The molecule has 2 aliphatic carbocycles. The summed E-state index contributed by atoms with van der Waals surface area (Å²) < 4.78 is 0. The van der Waals surface area contributed by atoms with Crippen molar-refractivity contribution >= 4 is 40.8 Å². The second-order valence-electron chi connectivity index (χ2n) is 15.4. The van der Waals surface area contributed by atoms with Crippen LogP contribution in [0, 0.1) is 40.5 Å². The molecule has 0 aliphatic heterocycles. The molecule has 3 aromatic rings. The largest absolute Gasteiger partial charge is 3.00 e. The molecule has 0 spiro atoms. The van der Waals surface area contributed by atoms with Gasteiger partial charge in [0.15, 0.2) is 17.1 Å². The average molecular weight is 793 g/mol. The minimum absolute atomic E-state index is 0. The number of aryl methyl sites for hydroxylation is 3. The van der Waals surface area contributed by atoms with Crippen molar-refractivity contribution in [2.24, 2.45) is 0 Å².